The van der Waals surface area contributed by atoms with Gasteiger partial charge in [0, 0.05) is 25.0 Å². The van der Waals surface area contributed by atoms with Gasteiger partial charge < -0.3 is 4.98 Å². The van der Waals surface area contributed by atoms with Crippen molar-refractivity contribution in [2.45, 2.75) is 23.1 Å². The highest BCUT2D eigenvalue weighted by atomic mass is 35.5. The van der Waals surface area contributed by atoms with E-state index in [1.54, 1.807) is 12.4 Å². The summed E-state index contributed by atoms with van der Waals surface area (Å²) in [6.45, 7) is 0. The maximum atomic E-state index is 6.01. The molecular formula is C12H11Cl2N3. The smallest absolute Gasteiger partial charge is 0.129 e. The van der Waals surface area contributed by atoms with Crippen molar-refractivity contribution in [2.24, 2.45) is 0 Å². The highest BCUT2D eigenvalue weighted by Crippen LogP contribution is 2.58. The lowest BCUT2D eigenvalue weighted by Crippen LogP contribution is -1.93. The van der Waals surface area contributed by atoms with E-state index >= 15 is 0 Å². The van der Waals surface area contributed by atoms with Crippen LogP contribution in [0.15, 0.2) is 30.7 Å². The van der Waals surface area contributed by atoms with Gasteiger partial charge in [-0.25, -0.2) is 4.98 Å². The summed E-state index contributed by atoms with van der Waals surface area (Å²) in [5.74, 6) is 1.04. The van der Waals surface area contributed by atoms with Gasteiger partial charge in [-0.15, -0.1) is 23.2 Å². The second kappa shape index (κ2) is 4.00. The Morgan fingerprint density at radius 3 is 2.71 bits per heavy atom. The molecule has 1 N–H and O–H groups in total. The Labute approximate surface area is 109 Å². The summed E-state index contributed by atoms with van der Waals surface area (Å²) in [7, 11) is 0. The summed E-state index contributed by atoms with van der Waals surface area (Å²) < 4.78 is -0.619. The molecule has 88 valence electrons. The fraction of sp³-hybridized carbons (Fsp3) is 0.333. The van der Waals surface area contributed by atoms with Crippen LogP contribution in [0.4, 0.5) is 0 Å². The predicted molar refractivity (Wildman–Crippen MR) is 67.4 cm³/mol. The molecule has 2 aromatic heterocycles. The molecule has 2 aromatic rings. The van der Waals surface area contributed by atoms with E-state index in [-0.39, 0.29) is 5.92 Å². The minimum atomic E-state index is -0.619. The van der Waals surface area contributed by atoms with Crippen molar-refractivity contribution in [1.82, 2.24) is 15.0 Å². The van der Waals surface area contributed by atoms with Gasteiger partial charge in [0.05, 0.1) is 11.6 Å². The van der Waals surface area contributed by atoms with Crippen LogP contribution >= 0.6 is 23.2 Å². The Kier molecular flexibility index (Phi) is 2.60. The van der Waals surface area contributed by atoms with Gasteiger partial charge >= 0.3 is 0 Å². The second-order valence-electron chi connectivity index (χ2n) is 4.33. The number of pyridine rings is 1. The maximum absolute atomic E-state index is 6.01. The minimum Gasteiger partial charge on any atom is -0.348 e. The third-order valence-corrected chi connectivity index (χ3v) is 3.78. The van der Waals surface area contributed by atoms with E-state index in [9.17, 15) is 0 Å². The fourth-order valence-electron chi connectivity index (χ4n) is 1.87. The van der Waals surface area contributed by atoms with Crippen LogP contribution in [0.5, 0.6) is 0 Å². The number of nitrogens with one attached hydrogen (secondary N) is 1. The lowest BCUT2D eigenvalue weighted by molar-refractivity contribution is 0.947. The number of hydrogen-bond donors (Lipinski definition) is 1. The average Bonchev–Trinajstić information content (AvgIpc) is 2.74. The SMILES string of the molecule is ClC1(Cl)C[C@H]1c1nc(Cc2ccncc2)c[nH]1. The highest BCUT2D eigenvalue weighted by Gasteiger charge is 2.54. The molecule has 2 heterocycles. The van der Waals surface area contributed by atoms with Gasteiger partial charge in [0.2, 0.25) is 0 Å². The molecular weight excluding hydrogens is 257 g/mol. The molecule has 1 saturated carbocycles. The third kappa shape index (κ3) is 2.31. The molecule has 3 rings (SSSR count). The first-order valence-corrected chi connectivity index (χ1v) is 6.22. The summed E-state index contributed by atoms with van der Waals surface area (Å²) >= 11 is 12.0. The molecule has 0 bridgehead atoms. The van der Waals surface area contributed by atoms with Crippen LogP contribution in [0, 0.1) is 0 Å². The normalized spacial score (nSPS) is 21.4. The molecule has 0 amide bonds. The van der Waals surface area contributed by atoms with E-state index in [0.717, 1.165) is 24.4 Å². The Morgan fingerprint density at radius 1 is 1.35 bits per heavy atom. The molecule has 17 heavy (non-hydrogen) atoms. The minimum absolute atomic E-state index is 0.150. The average molecular weight is 268 g/mol. The van der Waals surface area contributed by atoms with Crippen molar-refractivity contribution in [3.63, 3.8) is 0 Å². The zero-order valence-electron chi connectivity index (χ0n) is 9.03. The van der Waals surface area contributed by atoms with Gasteiger partial charge in [-0.3, -0.25) is 4.98 Å². The van der Waals surface area contributed by atoms with Crippen LogP contribution in [-0.4, -0.2) is 19.3 Å². The zero-order valence-corrected chi connectivity index (χ0v) is 10.5. The van der Waals surface area contributed by atoms with Crippen LogP contribution in [0.3, 0.4) is 0 Å². The van der Waals surface area contributed by atoms with Crippen molar-refractivity contribution in [2.75, 3.05) is 0 Å². The molecule has 3 nitrogen and oxygen atoms in total. The number of H-pyrrole nitrogens is 1. The molecule has 0 aromatic carbocycles. The number of rotatable bonds is 3. The summed E-state index contributed by atoms with van der Waals surface area (Å²) in [4.78, 5) is 11.7. The lowest BCUT2D eigenvalue weighted by Gasteiger charge is -1.96. The second-order valence-corrected chi connectivity index (χ2v) is 5.87. The van der Waals surface area contributed by atoms with E-state index in [4.69, 9.17) is 23.2 Å². The van der Waals surface area contributed by atoms with Crippen LogP contribution < -0.4 is 0 Å². The Balaban J connectivity index is 1.74. The van der Waals surface area contributed by atoms with Gasteiger partial charge in [0.1, 0.15) is 10.2 Å². The number of aromatic nitrogens is 3. The molecule has 0 saturated heterocycles. The molecule has 1 aliphatic rings. The lowest BCUT2D eigenvalue weighted by atomic mass is 10.2. The number of nitrogens with zero attached hydrogens (tertiary/aromatic N) is 2. The van der Waals surface area contributed by atoms with Crippen molar-refractivity contribution in [3.8, 4) is 0 Å². The van der Waals surface area contributed by atoms with Crippen LogP contribution in [-0.2, 0) is 6.42 Å². The van der Waals surface area contributed by atoms with Gasteiger partial charge in [-0.1, -0.05) is 0 Å². The monoisotopic (exact) mass is 267 g/mol. The summed E-state index contributed by atoms with van der Waals surface area (Å²) in [5.41, 5.74) is 2.19. The summed E-state index contributed by atoms with van der Waals surface area (Å²) in [5, 5.41) is 0. The van der Waals surface area contributed by atoms with E-state index < -0.39 is 4.33 Å². The standard InChI is InChI=1S/C12H11Cl2N3/c13-12(14)6-10(12)11-16-7-9(17-11)5-8-1-3-15-4-2-8/h1-4,7,10H,5-6H2,(H,16,17)/t10-/m0/s1. The van der Waals surface area contributed by atoms with E-state index in [2.05, 4.69) is 15.0 Å². The van der Waals surface area contributed by atoms with Crippen LogP contribution in [0.2, 0.25) is 0 Å². The van der Waals surface area contributed by atoms with Gasteiger partial charge in [0.25, 0.3) is 0 Å². The largest absolute Gasteiger partial charge is 0.348 e. The third-order valence-electron chi connectivity index (χ3n) is 2.94. The van der Waals surface area contributed by atoms with Crippen molar-refractivity contribution < 1.29 is 0 Å². The Hall–Kier alpha value is -1.06. The number of hydrogen-bond acceptors (Lipinski definition) is 2. The van der Waals surface area contributed by atoms with Gasteiger partial charge in [-0.05, 0) is 24.1 Å². The molecule has 0 spiro atoms. The van der Waals surface area contributed by atoms with Crippen molar-refractivity contribution in [1.29, 1.82) is 0 Å². The van der Waals surface area contributed by atoms with Crippen molar-refractivity contribution >= 4 is 23.2 Å². The fourth-order valence-corrected chi connectivity index (χ4v) is 2.38. The van der Waals surface area contributed by atoms with Gasteiger partial charge in [-0.2, -0.15) is 0 Å². The Morgan fingerprint density at radius 2 is 2.06 bits per heavy atom. The molecule has 0 aliphatic heterocycles. The molecule has 0 radical (unpaired) electrons. The highest BCUT2D eigenvalue weighted by molar-refractivity contribution is 6.51. The quantitative estimate of drug-likeness (QED) is 0.869. The van der Waals surface area contributed by atoms with Crippen LogP contribution in [0.25, 0.3) is 0 Å². The first-order chi connectivity index (χ1) is 8.15. The van der Waals surface area contributed by atoms with E-state index in [1.165, 1.54) is 5.56 Å². The number of aromatic amines is 1. The molecule has 0 unspecified atom stereocenters. The molecule has 1 aliphatic carbocycles. The zero-order chi connectivity index (χ0) is 11.9. The van der Waals surface area contributed by atoms with Crippen LogP contribution in [0.1, 0.15) is 29.4 Å². The first kappa shape index (κ1) is 11.1. The van der Waals surface area contributed by atoms with E-state index in [0.29, 0.717) is 0 Å². The maximum Gasteiger partial charge on any atom is 0.129 e. The first-order valence-electron chi connectivity index (χ1n) is 5.46. The summed E-state index contributed by atoms with van der Waals surface area (Å²) in [6.07, 6.45) is 7.05. The van der Waals surface area contributed by atoms with Crippen molar-refractivity contribution in [3.05, 3.63) is 47.8 Å². The predicted octanol–water partition coefficient (Wildman–Crippen LogP) is 3.06. The molecule has 1 fully saturated rings. The van der Waals surface area contributed by atoms with E-state index in [1.807, 2.05) is 18.3 Å². The summed E-state index contributed by atoms with van der Waals surface area (Å²) in [6, 6.07) is 3.97. The Bertz CT molecular complexity index is 522. The topological polar surface area (TPSA) is 41.6 Å². The number of imidazole rings is 1. The number of halogens is 2. The molecule has 5 heteroatoms. The van der Waals surface area contributed by atoms with Gasteiger partial charge in [0.15, 0.2) is 0 Å². The number of alkyl halides is 2. The molecule has 1 atom stereocenters.